The Labute approximate surface area is 128 Å². The minimum atomic E-state index is -4.85. The summed E-state index contributed by atoms with van der Waals surface area (Å²) in [6.45, 7) is 0. The van der Waals surface area contributed by atoms with E-state index >= 15 is 0 Å². The molecule has 1 aliphatic heterocycles. The van der Waals surface area contributed by atoms with Crippen LogP contribution >= 0.6 is 11.8 Å². The second-order valence-electron chi connectivity index (χ2n) is 4.95. The van der Waals surface area contributed by atoms with Crippen molar-refractivity contribution < 1.29 is 22.4 Å². The van der Waals surface area contributed by atoms with E-state index in [1.165, 1.54) is 0 Å². The molecule has 1 saturated heterocycles. The van der Waals surface area contributed by atoms with Crippen LogP contribution in [0.1, 0.15) is 28.8 Å². The zero-order valence-corrected chi connectivity index (χ0v) is 12.2. The van der Waals surface area contributed by atoms with Crippen molar-refractivity contribution in [3.05, 3.63) is 35.1 Å². The van der Waals surface area contributed by atoms with Crippen LogP contribution in [0.5, 0.6) is 0 Å². The van der Waals surface area contributed by atoms with E-state index in [-0.39, 0.29) is 6.07 Å². The summed E-state index contributed by atoms with van der Waals surface area (Å²) in [5, 5.41) is 11.6. The summed E-state index contributed by atoms with van der Waals surface area (Å²) in [5.74, 6) is -0.805. The van der Waals surface area contributed by atoms with Gasteiger partial charge in [0.1, 0.15) is 11.4 Å². The summed E-state index contributed by atoms with van der Waals surface area (Å²) in [4.78, 5) is 12.2. The Morgan fingerprint density at radius 3 is 2.50 bits per heavy atom. The van der Waals surface area contributed by atoms with Crippen molar-refractivity contribution in [3.8, 4) is 6.07 Å². The molecular weight excluding hydrogens is 320 g/mol. The van der Waals surface area contributed by atoms with Crippen molar-refractivity contribution in [2.45, 2.75) is 24.6 Å². The second kappa shape index (κ2) is 6.16. The molecule has 1 amide bonds. The van der Waals surface area contributed by atoms with Gasteiger partial charge in [0.25, 0.3) is 5.91 Å². The lowest BCUT2D eigenvalue weighted by atomic mass is 9.93. The van der Waals surface area contributed by atoms with Gasteiger partial charge < -0.3 is 5.32 Å². The van der Waals surface area contributed by atoms with Crippen molar-refractivity contribution in [1.29, 1.82) is 5.26 Å². The van der Waals surface area contributed by atoms with Crippen LogP contribution in [0.4, 0.5) is 17.6 Å². The van der Waals surface area contributed by atoms with Crippen LogP contribution in [0.2, 0.25) is 0 Å². The predicted octanol–water partition coefficient (Wildman–Crippen LogP) is 3.36. The predicted molar refractivity (Wildman–Crippen MR) is 73.8 cm³/mol. The van der Waals surface area contributed by atoms with Gasteiger partial charge in [0.15, 0.2) is 0 Å². The van der Waals surface area contributed by atoms with Crippen LogP contribution in [0.15, 0.2) is 18.2 Å². The number of alkyl halides is 3. The molecule has 0 aromatic heterocycles. The lowest BCUT2D eigenvalue weighted by Crippen LogP contribution is -2.50. The fraction of sp³-hybridized carbons (Fsp3) is 0.429. The minimum Gasteiger partial charge on any atom is -0.334 e. The van der Waals surface area contributed by atoms with Crippen molar-refractivity contribution in [1.82, 2.24) is 5.32 Å². The van der Waals surface area contributed by atoms with E-state index in [0.717, 1.165) is 12.1 Å². The quantitative estimate of drug-likeness (QED) is 0.845. The van der Waals surface area contributed by atoms with Gasteiger partial charge in [0, 0.05) is 0 Å². The highest BCUT2D eigenvalue weighted by molar-refractivity contribution is 7.99. The first-order valence-corrected chi connectivity index (χ1v) is 7.61. The van der Waals surface area contributed by atoms with Gasteiger partial charge in [0.2, 0.25) is 0 Å². The van der Waals surface area contributed by atoms with Crippen molar-refractivity contribution in [2.75, 3.05) is 11.5 Å². The van der Waals surface area contributed by atoms with E-state index in [1.807, 2.05) is 6.07 Å². The molecule has 118 valence electrons. The Balaban J connectivity index is 2.32. The molecule has 1 aliphatic rings. The van der Waals surface area contributed by atoms with E-state index < -0.39 is 34.6 Å². The standard InChI is InChI=1S/C14H12F4N2OS/c15-9-1-2-10(11(7-9)14(16,17)18)12(21)20-13(8-19)3-5-22-6-4-13/h1-2,7H,3-6H2,(H,20,21). The van der Waals surface area contributed by atoms with Gasteiger partial charge >= 0.3 is 6.18 Å². The number of nitrogens with zero attached hydrogens (tertiary/aromatic N) is 1. The molecule has 0 spiro atoms. The summed E-state index contributed by atoms with van der Waals surface area (Å²) >= 11 is 1.61. The molecule has 0 radical (unpaired) electrons. The van der Waals surface area contributed by atoms with Crippen LogP contribution in [0, 0.1) is 17.1 Å². The number of halogens is 4. The number of nitrogens with one attached hydrogen (secondary N) is 1. The molecule has 0 bridgehead atoms. The number of hydrogen-bond acceptors (Lipinski definition) is 3. The third kappa shape index (κ3) is 3.53. The Kier molecular flexibility index (Phi) is 4.66. The molecule has 0 atom stereocenters. The molecule has 0 saturated carbocycles. The summed E-state index contributed by atoms with van der Waals surface area (Å²) in [7, 11) is 0. The molecule has 22 heavy (non-hydrogen) atoms. The fourth-order valence-electron chi connectivity index (χ4n) is 2.22. The van der Waals surface area contributed by atoms with Crippen LogP contribution in [-0.4, -0.2) is 23.0 Å². The van der Waals surface area contributed by atoms with Crippen molar-refractivity contribution in [3.63, 3.8) is 0 Å². The number of hydrogen-bond donors (Lipinski definition) is 1. The first-order chi connectivity index (χ1) is 10.3. The topological polar surface area (TPSA) is 52.9 Å². The Morgan fingerprint density at radius 2 is 1.95 bits per heavy atom. The molecule has 1 fully saturated rings. The molecule has 1 heterocycles. The first kappa shape index (κ1) is 16.6. The third-order valence-corrected chi connectivity index (χ3v) is 4.43. The van der Waals surface area contributed by atoms with Crippen LogP contribution < -0.4 is 5.32 Å². The molecule has 0 aliphatic carbocycles. The molecule has 1 aromatic rings. The van der Waals surface area contributed by atoms with Gasteiger partial charge in [0.05, 0.1) is 17.2 Å². The highest BCUT2D eigenvalue weighted by Crippen LogP contribution is 2.33. The number of benzene rings is 1. The minimum absolute atomic E-state index is 0.282. The fourth-order valence-corrected chi connectivity index (χ4v) is 3.41. The largest absolute Gasteiger partial charge is 0.417 e. The molecule has 0 unspecified atom stereocenters. The Bertz CT molecular complexity index is 618. The van der Waals surface area contributed by atoms with Crippen LogP contribution in [0.3, 0.4) is 0 Å². The highest BCUT2D eigenvalue weighted by Gasteiger charge is 2.39. The van der Waals surface area contributed by atoms with E-state index in [2.05, 4.69) is 5.32 Å². The van der Waals surface area contributed by atoms with Crippen LogP contribution in [-0.2, 0) is 6.18 Å². The van der Waals surface area contributed by atoms with Gasteiger partial charge in [-0.2, -0.15) is 30.2 Å². The SMILES string of the molecule is N#CC1(NC(=O)c2ccc(F)cc2C(F)(F)F)CCSCC1. The maximum Gasteiger partial charge on any atom is 0.417 e. The van der Waals surface area contributed by atoms with Crippen LogP contribution in [0.25, 0.3) is 0 Å². The van der Waals surface area contributed by atoms with Crippen molar-refractivity contribution in [2.24, 2.45) is 0 Å². The Morgan fingerprint density at radius 1 is 1.32 bits per heavy atom. The monoisotopic (exact) mass is 332 g/mol. The summed E-state index contributed by atoms with van der Waals surface area (Å²) < 4.78 is 51.8. The zero-order chi connectivity index (χ0) is 16.4. The lowest BCUT2D eigenvalue weighted by molar-refractivity contribution is -0.138. The van der Waals surface area contributed by atoms with Gasteiger partial charge in [-0.05, 0) is 42.5 Å². The second-order valence-corrected chi connectivity index (χ2v) is 6.17. The summed E-state index contributed by atoms with van der Waals surface area (Å²) in [6.07, 6.45) is -4.12. The maximum atomic E-state index is 13.1. The third-order valence-electron chi connectivity index (χ3n) is 3.44. The molecule has 3 nitrogen and oxygen atoms in total. The molecule has 1 N–H and O–H groups in total. The number of rotatable bonds is 2. The molecule has 8 heteroatoms. The molecule has 1 aromatic carbocycles. The first-order valence-electron chi connectivity index (χ1n) is 6.46. The smallest absolute Gasteiger partial charge is 0.334 e. The normalized spacial score (nSPS) is 17.6. The van der Waals surface area contributed by atoms with Gasteiger partial charge in [-0.1, -0.05) is 0 Å². The zero-order valence-electron chi connectivity index (χ0n) is 11.3. The number of nitriles is 1. The summed E-state index contributed by atoms with van der Waals surface area (Å²) in [6, 6.07) is 3.85. The van der Waals surface area contributed by atoms with E-state index in [0.29, 0.717) is 24.3 Å². The lowest BCUT2D eigenvalue weighted by Gasteiger charge is -2.31. The van der Waals surface area contributed by atoms with E-state index in [4.69, 9.17) is 0 Å². The highest BCUT2D eigenvalue weighted by atomic mass is 32.2. The van der Waals surface area contributed by atoms with Gasteiger partial charge in [-0.25, -0.2) is 4.39 Å². The van der Waals surface area contributed by atoms with E-state index in [1.54, 1.807) is 11.8 Å². The average molecular weight is 332 g/mol. The maximum absolute atomic E-state index is 13.1. The average Bonchev–Trinajstić information content (AvgIpc) is 2.47. The Hall–Kier alpha value is -1.75. The van der Waals surface area contributed by atoms with E-state index in [9.17, 15) is 27.6 Å². The number of amides is 1. The number of thioether (sulfide) groups is 1. The number of carbonyl (C=O) groups is 1. The molecule has 2 rings (SSSR count). The van der Waals surface area contributed by atoms with Gasteiger partial charge in [-0.3, -0.25) is 4.79 Å². The summed E-state index contributed by atoms with van der Waals surface area (Å²) in [5.41, 5.74) is -3.19. The van der Waals surface area contributed by atoms with Gasteiger partial charge in [-0.15, -0.1) is 0 Å². The molecular formula is C14H12F4N2OS. The number of carbonyl (C=O) groups excluding carboxylic acids is 1. The van der Waals surface area contributed by atoms with Crippen molar-refractivity contribution >= 4 is 17.7 Å².